The zero-order valence-electron chi connectivity index (χ0n) is 10.5. The topological polar surface area (TPSA) is 108 Å². The van der Waals surface area contributed by atoms with Gasteiger partial charge in [-0.2, -0.15) is 0 Å². The van der Waals surface area contributed by atoms with Gasteiger partial charge in [0.05, 0.1) is 12.2 Å². The van der Waals surface area contributed by atoms with Crippen LogP contribution in [-0.2, 0) is 0 Å². The monoisotopic (exact) mass is 253 g/mol. The van der Waals surface area contributed by atoms with Crippen LogP contribution in [0.2, 0.25) is 0 Å². The van der Waals surface area contributed by atoms with Crippen molar-refractivity contribution >= 4 is 11.6 Å². The molecule has 2 atom stereocenters. The number of hydrazine groups is 1. The number of nitrogen functional groups attached to an aromatic ring is 1. The Balaban J connectivity index is 2.38. The lowest BCUT2D eigenvalue weighted by molar-refractivity contribution is 0.0572. The van der Waals surface area contributed by atoms with Crippen LogP contribution in [0.15, 0.2) is 6.33 Å². The number of nitrogens with two attached hydrogens (primary N) is 1. The molecular formula is C11H19N5O2. The average Bonchev–Trinajstić information content (AvgIpc) is 2.68. The van der Waals surface area contributed by atoms with E-state index in [9.17, 15) is 10.2 Å². The Kier molecular flexibility index (Phi) is 3.65. The maximum absolute atomic E-state index is 9.61. The number of nitrogens with zero attached hydrogens (tertiary/aromatic N) is 3. The maximum atomic E-state index is 9.61. The number of nitrogens with one attached hydrogen (secondary N) is 1. The second-order valence-corrected chi connectivity index (χ2v) is 4.80. The minimum atomic E-state index is -0.741. The highest BCUT2D eigenvalue weighted by atomic mass is 16.3. The van der Waals surface area contributed by atoms with E-state index in [2.05, 4.69) is 15.4 Å². The van der Waals surface area contributed by atoms with Crippen LogP contribution in [0.3, 0.4) is 0 Å². The van der Waals surface area contributed by atoms with Gasteiger partial charge in [0.25, 0.3) is 0 Å². The third-order valence-electron chi connectivity index (χ3n) is 3.14. The van der Waals surface area contributed by atoms with Crippen molar-refractivity contribution in [2.24, 2.45) is 5.84 Å². The molecule has 0 radical (unpaired) electrons. The molecule has 100 valence electrons. The average molecular weight is 253 g/mol. The summed E-state index contributed by atoms with van der Waals surface area (Å²) in [5.41, 5.74) is 3.45. The molecule has 2 rings (SSSR count). The molecule has 5 N–H and O–H groups in total. The third-order valence-corrected chi connectivity index (χ3v) is 3.14. The quantitative estimate of drug-likeness (QED) is 0.422. The molecule has 0 amide bonds. The zero-order chi connectivity index (χ0) is 13.3. The molecule has 0 aliphatic carbocycles. The van der Waals surface area contributed by atoms with Gasteiger partial charge in [-0.1, -0.05) is 13.8 Å². The van der Waals surface area contributed by atoms with Gasteiger partial charge in [0.15, 0.2) is 0 Å². The van der Waals surface area contributed by atoms with Crippen molar-refractivity contribution in [2.75, 3.05) is 23.4 Å². The van der Waals surface area contributed by atoms with Crippen molar-refractivity contribution in [3.8, 4) is 0 Å². The first-order chi connectivity index (χ1) is 8.54. The predicted molar refractivity (Wildman–Crippen MR) is 68.2 cm³/mol. The van der Waals surface area contributed by atoms with Gasteiger partial charge in [-0.3, -0.25) is 0 Å². The molecule has 2 unspecified atom stereocenters. The summed E-state index contributed by atoms with van der Waals surface area (Å²) in [6, 6.07) is 0. The maximum Gasteiger partial charge on any atom is 0.148 e. The van der Waals surface area contributed by atoms with Gasteiger partial charge >= 0.3 is 0 Å². The molecule has 7 heteroatoms. The summed E-state index contributed by atoms with van der Waals surface area (Å²) in [5, 5.41) is 19.2. The van der Waals surface area contributed by atoms with Crippen molar-refractivity contribution in [1.82, 2.24) is 9.97 Å². The molecule has 1 aromatic rings. The predicted octanol–water partition coefficient (Wildman–Crippen LogP) is -0.573. The summed E-state index contributed by atoms with van der Waals surface area (Å²) >= 11 is 0. The van der Waals surface area contributed by atoms with Crippen molar-refractivity contribution in [3.05, 3.63) is 11.9 Å². The largest absolute Gasteiger partial charge is 0.389 e. The van der Waals surface area contributed by atoms with E-state index in [1.807, 2.05) is 18.7 Å². The van der Waals surface area contributed by atoms with Gasteiger partial charge in [-0.05, 0) is 5.92 Å². The molecule has 0 aromatic carbocycles. The summed E-state index contributed by atoms with van der Waals surface area (Å²) in [4.78, 5) is 10.2. The molecule has 0 saturated carbocycles. The van der Waals surface area contributed by atoms with Gasteiger partial charge in [-0.15, -0.1) is 0 Å². The van der Waals surface area contributed by atoms with Crippen LogP contribution in [0.4, 0.5) is 11.6 Å². The molecule has 1 aromatic heterocycles. The molecule has 1 fully saturated rings. The lowest BCUT2D eigenvalue weighted by Crippen LogP contribution is -2.25. The molecule has 7 nitrogen and oxygen atoms in total. The zero-order valence-corrected chi connectivity index (χ0v) is 10.5. The summed E-state index contributed by atoms with van der Waals surface area (Å²) in [6.45, 7) is 4.77. The normalized spacial score (nSPS) is 23.8. The fraction of sp³-hybridized carbons (Fsp3) is 0.636. The Hall–Kier alpha value is -1.44. The first kappa shape index (κ1) is 13.0. The molecule has 1 saturated heterocycles. The first-order valence-corrected chi connectivity index (χ1v) is 5.97. The van der Waals surface area contributed by atoms with E-state index >= 15 is 0 Å². The number of rotatable bonds is 3. The van der Waals surface area contributed by atoms with Crippen molar-refractivity contribution < 1.29 is 10.2 Å². The summed E-state index contributed by atoms with van der Waals surface area (Å²) in [5.74, 6) is 6.92. The Labute approximate surface area is 106 Å². The Morgan fingerprint density at radius 3 is 2.44 bits per heavy atom. The summed E-state index contributed by atoms with van der Waals surface area (Å²) < 4.78 is 0. The van der Waals surface area contributed by atoms with Crippen molar-refractivity contribution in [1.29, 1.82) is 0 Å². The number of hydrogen-bond donors (Lipinski definition) is 4. The van der Waals surface area contributed by atoms with Gasteiger partial charge in [-0.25, -0.2) is 15.8 Å². The lowest BCUT2D eigenvalue weighted by atomic mass is 10.0. The smallest absolute Gasteiger partial charge is 0.148 e. The highest BCUT2D eigenvalue weighted by Gasteiger charge is 2.32. The van der Waals surface area contributed by atoms with Crippen LogP contribution in [0.25, 0.3) is 0 Å². The molecule has 1 aliphatic rings. The molecule has 1 aliphatic heterocycles. The first-order valence-electron chi connectivity index (χ1n) is 5.97. The van der Waals surface area contributed by atoms with Crippen LogP contribution in [-0.4, -0.2) is 45.5 Å². The molecular weight excluding hydrogens is 234 g/mol. The molecule has 2 heterocycles. The summed E-state index contributed by atoms with van der Waals surface area (Å²) in [7, 11) is 0. The number of hydrogen-bond acceptors (Lipinski definition) is 7. The minimum absolute atomic E-state index is 0.183. The lowest BCUT2D eigenvalue weighted by Gasteiger charge is -2.23. The molecule has 0 bridgehead atoms. The van der Waals surface area contributed by atoms with E-state index in [1.165, 1.54) is 6.33 Å². The van der Waals surface area contributed by atoms with Gasteiger partial charge in [0.1, 0.15) is 18.0 Å². The fourth-order valence-corrected chi connectivity index (χ4v) is 2.23. The highest BCUT2D eigenvalue weighted by Crippen LogP contribution is 2.32. The Bertz CT molecular complexity index is 416. The second kappa shape index (κ2) is 5.05. The number of aromatic nitrogens is 2. The number of anilines is 2. The number of aliphatic hydroxyl groups excluding tert-OH is 2. The molecule has 0 spiro atoms. The highest BCUT2D eigenvalue weighted by molar-refractivity contribution is 5.60. The minimum Gasteiger partial charge on any atom is -0.389 e. The van der Waals surface area contributed by atoms with Gasteiger partial charge in [0.2, 0.25) is 0 Å². The van der Waals surface area contributed by atoms with Crippen molar-refractivity contribution in [2.45, 2.75) is 32.0 Å². The van der Waals surface area contributed by atoms with Crippen molar-refractivity contribution in [3.63, 3.8) is 0 Å². The van der Waals surface area contributed by atoms with E-state index in [1.54, 1.807) is 0 Å². The fourth-order valence-electron chi connectivity index (χ4n) is 2.23. The van der Waals surface area contributed by atoms with E-state index < -0.39 is 12.2 Å². The van der Waals surface area contributed by atoms with Crippen LogP contribution in [0.1, 0.15) is 25.3 Å². The Morgan fingerprint density at radius 1 is 1.33 bits per heavy atom. The van der Waals surface area contributed by atoms with E-state index in [0.717, 1.165) is 5.56 Å². The van der Waals surface area contributed by atoms with Crippen LogP contribution in [0, 0.1) is 0 Å². The van der Waals surface area contributed by atoms with Crippen LogP contribution >= 0.6 is 0 Å². The van der Waals surface area contributed by atoms with E-state index in [4.69, 9.17) is 5.84 Å². The number of β-amino-alcohol motifs (C(OH)–C–C–N with tert-alkyl or cyclic N) is 2. The number of aliphatic hydroxyl groups is 2. The molecule has 18 heavy (non-hydrogen) atoms. The summed E-state index contributed by atoms with van der Waals surface area (Å²) in [6.07, 6.45) is -0.0588. The second-order valence-electron chi connectivity index (χ2n) is 4.80. The SMILES string of the molecule is CC(C)c1c(NN)ncnc1N1CC(O)C(O)C1. The van der Waals surface area contributed by atoms with E-state index in [0.29, 0.717) is 24.7 Å². The third kappa shape index (κ3) is 2.24. The van der Waals surface area contributed by atoms with Crippen LogP contribution in [0.5, 0.6) is 0 Å². The standard InChI is InChI=1S/C11H19N5O2/c1-6(2)9-10(15-12)13-5-14-11(9)16-3-7(17)8(18)4-16/h5-8,17-18H,3-4,12H2,1-2H3,(H,13,14,15). The Morgan fingerprint density at radius 2 is 1.94 bits per heavy atom. The van der Waals surface area contributed by atoms with Gasteiger partial charge < -0.3 is 20.5 Å². The van der Waals surface area contributed by atoms with Gasteiger partial charge in [0, 0.05) is 18.7 Å². The van der Waals surface area contributed by atoms with Crippen LogP contribution < -0.4 is 16.2 Å². The van der Waals surface area contributed by atoms with E-state index in [-0.39, 0.29) is 5.92 Å².